The maximum absolute atomic E-state index is 13.5. The number of piperidine rings is 1. The Morgan fingerprint density at radius 2 is 1.96 bits per heavy atom. The maximum atomic E-state index is 13.5. The molecule has 2 atom stereocenters. The fourth-order valence-corrected chi connectivity index (χ4v) is 6.07. The van der Waals surface area contributed by atoms with E-state index in [4.69, 9.17) is 0 Å². The lowest BCUT2D eigenvalue weighted by Gasteiger charge is -2.49. The first-order valence-corrected chi connectivity index (χ1v) is 11.3. The maximum Gasteiger partial charge on any atom is 0.264 e. The summed E-state index contributed by atoms with van der Waals surface area (Å²) in [6.45, 7) is 4.77. The second-order valence-corrected chi connectivity index (χ2v) is 10.6. The van der Waals surface area contributed by atoms with Gasteiger partial charge in [-0.2, -0.15) is 0 Å². The van der Waals surface area contributed by atoms with Crippen LogP contribution in [0.5, 0.6) is 0 Å². The molecule has 27 heavy (non-hydrogen) atoms. The van der Waals surface area contributed by atoms with Crippen LogP contribution in [0.2, 0.25) is 0 Å². The van der Waals surface area contributed by atoms with E-state index in [0.29, 0.717) is 36.5 Å². The fraction of sp³-hybridized carbons (Fsp3) is 0.400. The molecule has 0 saturated carbocycles. The Bertz CT molecular complexity index is 990. The highest BCUT2D eigenvalue weighted by Gasteiger charge is 2.43. The Labute approximate surface area is 168 Å². The van der Waals surface area contributed by atoms with Crippen molar-refractivity contribution in [3.63, 3.8) is 0 Å². The summed E-state index contributed by atoms with van der Waals surface area (Å²) in [7, 11) is -3.70. The van der Waals surface area contributed by atoms with Gasteiger partial charge in [0.25, 0.3) is 10.0 Å². The number of nitrogens with zero attached hydrogens (tertiary/aromatic N) is 2. The summed E-state index contributed by atoms with van der Waals surface area (Å²) in [4.78, 5) is 2.53. The molecule has 5 nitrogen and oxygen atoms in total. The number of hydrogen-bond donors (Lipinski definition) is 1. The minimum absolute atomic E-state index is 0.0537. The molecule has 0 unspecified atom stereocenters. The van der Waals surface area contributed by atoms with Crippen molar-refractivity contribution >= 4 is 37.3 Å². The average Bonchev–Trinajstić information content (AvgIpc) is 2.59. The Morgan fingerprint density at radius 3 is 2.70 bits per heavy atom. The number of hydrogen-bond acceptors (Lipinski definition) is 4. The van der Waals surface area contributed by atoms with Crippen molar-refractivity contribution in [2.75, 3.05) is 22.3 Å². The van der Waals surface area contributed by atoms with E-state index < -0.39 is 15.6 Å². The number of aryl methyl sites for hydroxylation is 1. The Morgan fingerprint density at radius 1 is 1.19 bits per heavy atom. The highest BCUT2D eigenvalue weighted by atomic mass is 79.9. The lowest BCUT2D eigenvalue weighted by molar-refractivity contribution is 0.0226. The van der Waals surface area contributed by atoms with Gasteiger partial charge < -0.3 is 10.0 Å². The van der Waals surface area contributed by atoms with Crippen LogP contribution in [0.15, 0.2) is 51.8 Å². The van der Waals surface area contributed by atoms with Crippen molar-refractivity contribution in [1.29, 1.82) is 0 Å². The molecule has 2 aliphatic rings. The molecule has 2 heterocycles. The molecule has 1 fully saturated rings. The number of anilines is 2. The van der Waals surface area contributed by atoms with Gasteiger partial charge in [-0.3, -0.25) is 4.31 Å². The van der Waals surface area contributed by atoms with E-state index in [0.717, 1.165) is 15.7 Å². The van der Waals surface area contributed by atoms with E-state index in [1.807, 2.05) is 38.1 Å². The first-order valence-electron chi connectivity index (χ1n) is 9.05. The zero-order valence-electron chi connectivity index (χ0n) is 15.4. The molecular weight excluding hydrogens is 428 g/mol. The first kappa shape index (κ1) is 18.8. The molecule has 0 radical (unpaired) electrons. The summed E-state index contributed by atoms with van der Waals surface area (Å²) >= 11 is 3.48. The monoisotopic (exact) mass is 450 g/mol. The molecule has 2 aromatic carbocycles. The van der Waals surface area contributed by atoms with E-state index in [2.05, 4.69) is 20.8 Å². The predicted octanol–water partition coefficient (Wildman–Crippen LogP) is 3.69. The number of halogens is 1. The summed E-state index contributed by atoms with van der Waals surface area (Å²) in [5.41, 5.74) is 1.72. The van der Waals surface area contributed by atoms with Crippen LogP contribution < -0.4 is 9.21 Å². The third kappa shape index (κ3) is 3.37. The van der Waals surface area contributed by atoms with Gasteiger partial charge >= 0.3 is 0 Å². The van der Waals surface area contributed by atoms with Crippen molar-refractivity contribution in [1.82, 2.24) is 0 Å². The second-order valence-electron chi connectivity index (χ2n) is 7.78. The number of aliphatic hydroxyl groups is 1. The first-order chi connectivity index (χ1) is 12.7. The van der Waals surface area contributed by atoms with Gasteiger partial charge in [0.2, 0.25) is 0 Å². The second kappa shape index (κ2) is 6.50. The van der Waals surface area contributed by atoms with E-state index in [9.17, 15) is 13.5 Å². The van der Waals surface area contributed by atoms with Crippen molar-refractivity contribution in [3.8, 4) is 0 Å². The standard InChI is InChI=1S/C20H23BrN2O3S/c1-14-4-3-5-17(10-14)27(25,26)23-13-16-12-20(2,24)8-9-22(16)18-7-6-15(21)11-19(18)23/h3-7,10-11,16,24H,8-9,12-13H2,1-2H3/t16-,20+/m0/s1. The Hall–Kier alpha value is -1.57. The summed E-state index contributed by atoms with van der Waals surface area (Å²) in [5, 5.41) is 10.5. The molecule has 2 aliphatic heterocycles. The summed E-state index contributed by atoms with van der Waals surface area (Å²) in [5.74, 6) is 0. The molecule has 1 N–H and O–H groups in total. The third-order valence-electron chi connectivity index (χ3n) is 5.48. The molecule has 2 aromatic rings. The molecule has 144 valence electrons. The van der Waals surface area contributed by atoms with Gasteiger partial charge in [0, 0.05) is 11.0 Å². The molecule has 0 aromatic heterocycles. The molecule has 4 rings (SSSR count). The molecule has 7 heteroatoms. The number of rotatable bonds is 2. The van der Waals surface area contributed by atoms with Gasteiger partial charge in [0.15, 0.2) is 0 Å². The predicted molar refractivity (Wildman–Crippen MR) is 111 cm³/mol. The van der Waals surface area contributed by atoms with E-state index in [1.165, 1.54) is 4.31 Å². The molecule has 0 aliphatic carbocycles. The van der Waals surface area contributed by atoms with Gasteiger partial charge in [-0.15, -0.1) is 0 Å². The Kier molecular flexibility index (Phi) is 4.52. The molecule has 0 bridgehead atoms. The Balaban J connectivity index is 1.84. The van der Waals surface area contributed by atoms with Crippen LogP contribution in [0.4, 0.5) is 11.4 Å². The smallest absolute Gasteiger partial charge is 0.264 e. The van der Waals surface area contributed by atoms with Crippen LogP contribution >= 0.6 is 15.9 Å². The van der Waals surface area contributed by atoms with E-state index in [-0.39, 0.29) is 6.04 Å². The SMILES string of the molecule is Cc1cccc(S(=O)(=O)N2C[C@@H]3C[C@](C)(O)CCN3c3ccc(Br)cc32)c1. The van der Waals surface area contributed by atoms with Crippen LogP contribution in [0.1, 0.15) is 25.3 Å². The largest absolute Gasteiger partial charge is 0.390 e. The van der Waals surface area contributed by atoms with Crippen LogP contribution in [-0.2, 0) is 10.0 Å². The minimum Gasteiger partial charge on any atom is -0.390 e. The van der Waals surface area contributed by atoms with Crippen molar-refractivity contribution < 1.29 is 13.5 Å². The molecule has 0 amide bonds. The van der Waals surface area contributed by atoms with Crippen LogP contribution in [0.3, 0.4) is 0 Å². The zero-order valence-corrected chi connectivity index (χ0v) is 17.8. The van der Waals surface area contributed by atoms with Gasteiger partial charge in [-0.1, -0.05) is 28.1 Å². The van der Waals surface area contributed by atoms with Crippen LogP contribution in [0, 0.1) is 6.92 Å². The van der Waals surface area contributed by atoms with Gasteiger partial charge in [0.1, 0.15) is 0 Å². The van der Waals surface area contributed by atoms with E-state index in [1.54, 1.807) is 18.2 Å². The minimum atomic E-state index is -3.70. The van der Waals surface area contributed by atoms with Gasteiger partial charge in [-0.05, 0) is 62.6 Å². The number of benzene rings is 2. The fourth-order valence-electron chi connectivity index (χ4n) is 4.10. The van der Waals surface area contributed by atoms with Crippen molar-refractivity contribution in [3.05, 3.63) is 52.5 Å². The quantitative estimate of drug-likeness (QED) is 0.757. The summed E-state index contributed by atoms with van der Waals surface area (Å²) in [6.07, 6.45) is 1.21. The zero-order chi connectivity index (χ0) is 19.4. The van der Waals surface area contributed by atoms with Gasteiger partial charge in [0.05, 0.1) is 34.5 Å². The van der Waals surface area contributed by atoms with E-state index >= 15 is 0 Å². The normalized spacial score (nSPS) is 25.1. The topological polar surface area (TPSA) is 60.9 Å². The van der Waals surface area contributed by atoms with Crippen LogP contribution in [0.25, 0.3) is 0 Å². The van der Waals surface area contributed by atoms with Crippen molar-refractivity contribution in [2.45, 2.75) is 43.2 Å². The highest BCUT2D eigenvalue weighted by molar-refractivity contribution is 9.10. The molecule has 1 saturated heterocycles. The van der Waals surface area contributed by atoms with Crippen LogP contribution in [-0.4, -0.2) is 38.3 Å². The third-order valence-corrected chi connectivity index (χ3v) is 7.75. The number of sulfonamides is 1. The lowest BCUT2D eigenvalue weighted by atomic mass is 9.86. The highest BCUT2D eigenvalue weighted by Crippen LogP contribution is 2.44. The summed E-state index contributed by atoms with van der Waals surface area (Å²) in [6, 6.07) is 12.7. The molecular formula is C20H23BrN2O3S. The van der Waals surface area contributed by atoms with Crippen molar-refractivity contribution in [2.24, 2.45) is 0 Å². The lowest BCUT2D eigenvalue weighted by Crippen LogP contribution is -2.57. The summed E-state index contributed by atoms with van der Waals surface area (Å²) < 4.78 is 29.3. The number of fused-ring (bicyclic) bond motifs is 3. The van der Waals surface area contributed by atoms with Gasteiger partial charge in [-0.25, -0.2) is 8.42 Å². The molecule has 0 spiro atoms. The average molecular weight is 451 g/mol.